The van der Waals surface area contributed by atoms with Crippen LogP contribution in [0, 0.1) is 0 Å². The molecule has 0 aliphatic heterocycles. The number of hydrogen-bond donors (Lipinski definition) is 2. The van der Waals surface area contributed by atoms with Crippen LogP contribution in [0.25, 0.3) is 0 Å². The zero-order chi connectivity index (χ0) is 11.5. The molecule has 0 aliphatic carbocycles. The number of aromatic nitrogens is 2. The Hall–Kier alpha value is -0.530. The minimum atomic E-state index is -3.42. The van der Waals surface area contributed by atoms with Gasteiger partial charge in [-0.2, -0.15) is 16.9 Å². The van der Waals surface area contributed by atoms with Crippen LogP contribution in [0.2, 0.25) is 0 Å². The van der Waals surface area contributed by atoms with Crippen LogP contribution >= 0.6 is 11.8 Å². The molecule has 0 aliphatic rings. The molecule has 1 rings (SSSR count). The number of hydrogen-bond acceptors (Lipinski definition) is 4. The first kappa shape index (κ1) is 12.5. The Balaban J connectivity index is 2.67. The van der Waals surface area contributed by atoms with Gasteiger partial charge in [-0.1, -0.05) is 0 Å². The van der Waals surface area contributed by atoms with Crippen molar-refractivity contribution in [2.75, 3.05) is 12.8 Å². The summed E-state index contributed by atoms with van der Waals surface area (Å²) in [5, 5.41) is 6.08. The molecule has 0 bridgehead atoms. The number of rotatable bonds is 5. The zero-order valence-corrected chi connectivity index (χ0v) is 10.6. The molecule has 0 unspecified atom stereocenters. The van der Waals surface area contributed by atoms with Crippen LogP contribution in [0.15, 0.2) is 17.3 Å². The highest BCUT2D eigenvalue weighted by Gasteiger charge is 2.21. The molecule has 0 amide bonds. The smallest absolute Gasteiger partial charge is 0.243 e. The Labute approximate surface area is 94.1 Å². The SMILES string of the molecule is CSC(C)(C)CNS(=O)(=O)c1cn[nH]c1. The highest BCUT2D eigenvalue weighted by atomic mass is 32.2. The third kappa shape index (κ3) is 3.51. The molecular weight excluding hydrogens is 234 g/mol. The molecule has 5 nitrogen and oxygen atoms in total. The lowest BCUT2D eigenvalue weighted by atomic mass is 10.2. The quantitative estimate of drug-likeness (QED) is 0.810. The number of thioether (sulfide) groups is 1. The molecule has 0 aromatic carbocycles. The molecule has 0 saturated carbocycles. The van der Waals surface area contributed by atoms with E-state index in [1.54, 1.807) is 11.8 Å². The van der Waals surface area contributed by atoms with Gasteiger partial charge in [-0.05, 0) is 20.1 Å². The lowest BCUT2D eigenvalue weighted by Crippen LogP contribution is -2.35. The van der Waals surface area contributed by atoms with Crippen molar-refractivity contribution in [1.82, 2.24) is 14.9 Å². The van der Waals surface area contributed by atoms with Gasteiger partial charge in [0.25, 0.3) is 0 Å². The summed E-state index contributed by atoms with van der Waals surface area (Å²) in [5.41, 5.74) is 0. The van der Waals surface area contributed by atoms with E-state index in [9.17, 15) is 8.42 Å². The second-order valence-electron chi connectivity index (χ2n) is 3.72. The highest BCUT2D eigenvalue weighted by molar-refractivity contribution is 8.00. The van der Waals surface area contributed by atoms with Crippen molar-refractivity contribution in [2.45, 2.75) is 23.5 Å². The first-order valence-corrected chi connectivity index (χ1v) is 7.12. The van der Waals surface area contributed by atoms with Crippen molar-refractivity contribution in [3.05, 3.63) is 12.4 Å². The van der Waals surface area contributed by atoms with Gasteiger partial charge in [-0.15, -0.1) is 0 Å². The van der Waals surface area contributed by atoms with Gasteiger partial charge in [0.2, 0.25) is 10.0 Å². The van der Waals surface area contributed by atoms with E-state index in [1.165, 1.54) is 12.4 Å². The van der Waals surface area contributed by atoms with Gasteiger partial charge in [0, 0.05) is 17.5 Å². The summed E-state index contributed by atoms with van der Waals surface area (Å²) in [6.07, 6.45) is 4.59. The normalized spacial score (nSPS) is 13.0. The standard InChI is InChI=1S/C8H15N3O2S2/c1-8(2,14-3)6-11-15(12,13)7-4-9-10-5-7/h4-5,11H,6H2,1-3H3,(H,9,10). The van der Waals surface area contributed by atoms with Crippen molar-refractivity contribution < 1.29 is 8.42 Å². The van der Waals surface area contributed by atoms with E-state index in [4.69, 9.17) is 0 Å². The molecule has 1 heterocycles. The first-order chi connectivity index (χ1) is 6.87. The van der Waals surface area contributed by atoms with Crippen LogP contribution in [0.5, 0.6) is 0 Å². The Morgan fingerprint density at radius 1 is 1.60 bits per heavy atom. The van der Waals surface area contributed by atoms with Gasteiger partial charge in [0.05, 0.1) is 6.20 Å². The molecule has 86 valence electrons. The maximum atomic E-state index is 11.7. The van der Waals surface area contributed by atoms with Crippen LogP contribution in [0.3, 0.4) is 0 Å². The number of aromatic amines is 1. The summed E-state index contributed by atoms with van der Waals surface area (Å²) in [6, 6.07) is 0. The second-order valence-corrected chi connectivity index (χ2v) is 7.00. The van der Waals surface area contributed by atoms with E-state index < -0.39 is 10.0 Å². The third-order valence-electron chi connectivity index (χ3n) is 2.02. The van der Waals surface area contributed by atoms with Gasteiger partial charge in [-0.25, -0.2) is 13.1 Å². The molecule has 0 atom stereocenters. The fourth-order valence-electron chi connectivity index (χ4n) is 0.810. The van der Waals surface area contributed by atoms with Crippen LogP contribution in [-0.2, 0) is 10.0 Å². The summed E-state index contributed by atoms with van der Waals surface area (Å²) < 4.78 is 25.8. The molecule has 1 aromatic heterocycles. The summed E-state index contributed by atoms with van der Waals surface area (Å²) in [5.74, 6) is 0. The molecule has 0 radical (unpaired) electrons. The van der Waals surface area contributed by atoms with E-state index >= 15 is 0 Å². The Morgan fingerprint density at radius 3 is 2.73 bits per heavy atom. The van der Waals surface area contributed by atoms with E-state index in [2.05, 4.69) is 14.9 Å². The predicted molar refractivity (Wildman–Crippen MR) is 61.4 cm³/mol. The number of H-pyrrole nitrogens is 1. The second kappa shape index (κ2) is 4.54. The molecule has 1 aromatic rings. The fraction of sp³-hybridized carbons (Fsp3) is 0.625. The summed E-state index contributed by atoms with van der Waals surface area (Å²) >= 11 is 1.61. The zero-order valence-electron chi connectivity index (χ0n) is 8.94. The van der Waals surface area contributed by atoms with Crippen molar-refractivity contribution >= 4 is 21.8 Å². The highest BCUT2D eigenvalue weighted by Crippen LogP contribution is 2.20. The van der Waals surface area contributed by atoms with Gasteiger partial charge < -0.3 is 0 Å². The van der Waals surface area contributed by atoms with Crippen LogP contribution in [0.1, 0.15) is 13.8 Å². The Morgan fingerprint density at radius 2 is 2.27 bits per heavy atom. The maximum Gasteiger partial charge on any atom is 0.243 e. The van der Waals surface area contributed by atoms with Crippen molar-refractivity contribution in [1.29, 1.82) is 0 Å². The molecule has 0 spiro atoms. The third-order valence-corrected chi connectivity index (χ3v) is 4.64. The van der Waals surface area contributed by atoms with Crippen LogP contribution in [-0.4, -0.2) is 36.2 Å². The summed E-state index contributed by atoms with van der Waals surface area (Å²) in [6.45, 7) is 4.35. The van der Waals surface area contributed by atoms with Crippen LogP contribution < -0.4 is 4.72 Å². The molecule has 0 fully saturated rings. The first-order valence-electron chi connectivity index (χ1n) is 4.41. The molecule has 15 heavy (non-hydrogen) atoms. The summed E-state index contributed by atoms with van der Waals surface area (Å²) in [4.78, 5) is 0.166. The topological polar surface area (TPSA) is 74.8 Å². The van der Waals surface area contributed by atoms with Gasteiger partial charge in [0.15, 0.2) is 0 Å². The van der Waals surface area contributed by atoms with Gasteiger partial charge >= 0.3 is 0 Å². The molecule has 0 saturated heterocycles. The minimum Gasteiger partial charge on any atom is -0.284 e. The Kier molecular flexibility index (Phi) is 3.80. The summed E-state index contributed by atoms with van der Waals surface area (Å²) in [7, 11) is -3.42. The number of nitrogens with one attached hydrogen (secondary N) is 2. The lowest BCUT2D eigenvalue weighted by molar-refractivity contribution is 0.571. The minimum absolute atomic E-state index is 0.114. The predicted octanol–water partition coefficient (Wildman–Crippen LogP) is 0.830. The number of sulfonamides is 1. The van der Waals surface area contributed by atoms with E-state index in [1.807, 2.05) is 20.1 Å². The molecular formula is C8H15N3O2S2. The monoisotopic (exact) mass is 249 g/mol. The van der Waals surface area contributed by atoms with E-state index in [-0.39, 0.29) is 9.64 Å². The lowest BCUT2D eigenvalue weighted by Gasteiger charge is -2.21. The Bertz CT molecular complexity index is 398. The van der Waals surface area contributed by atoms with E-state index in [0.29, 0.717) is 6.54 Å². The maximum absolute atomic E-state index is 11.7. The van der Waals surface area contributed by atoms with Gasteiger partial charge in [0.1, 0.15) is 4.90 Å². The average molecular weight is 249 g/mol. The van der Waals surface area contributed by atoms with Crippen LogP contribution in [0.4, 0.5) is 0 Å². The largest absolute Gasteiger partial charge is 0.284 e. The van der Waals surface area contributed by atoms with Crippen molar-refractivity contribution in [3.63, 3.8) is 0 Å². The van der Waals surface area contributed by atoms with E-state index in [0.717, 1.165) is 0 Å². The average Bonchev–Trinajstić information content (AvgIpc) is 2.69. The fourth-order valence-corrected chi connectivity index (χ4v) is 2.24. The number of nitrogens with zero attached hydrogens (tertiary/aromatic N) is 1. The van der Waals surface area contributed by atoms with Crippen molar-refractivity contribution in [3.8, 4) is 0 Å². The van der Waals surface area contributed by atoms with Crippen molar-refractivity contribution in [2.24, 2.45) is 0 Å². The van der Waals surface area contributed by atoms with Gasteiger partial charge in [-0.3, -0.25) is 5.10 Å². The molecule has 7 heteroatoms. The molecule has 2 N–H and O–H groups in total.